The van der Waals surface area contributed by atoms with Crippen molar-refractivity contribution in [2.75, 3.05) is 34.8 Å². The lowest BCUT2D eigenvalue weighted by atomic mass is 10.0. The van der Waals surface area contributed by atoms with E-state index in [9.17, 15) is 13.0 Å². The highest BCUT2D eigenvalue weighted by atomic mass is 32.3. The van der Waals surface area contributed by atoms with Crippen LogP contribution in [-0.4, -0.2) is 56.7 Å². The van der Waals surface area contributed by atoms with Gasteiger partial charge in [-0.25, -0.2) is 8.42 Å². The fourth-order valence-corrected chi connectivity index (χ4v) is 2.76. The third-order valence-corrected chi connectivity index (χ3v) is 4.52. The molecule has 0 atom stereocenters. The summed E-state index contributed by atoms with van der Waals surface area (Å²) in [6.07, 6.45) is 5.49. The Morgan fingerprint density at radius 2 is 1.63 bits per heavy atom. The van der Waals surface area contributed by atoms with Crippen LogP contribution in [0.25, 0.3) is 16.6 Å². The zero-order valence-electron chi connectivity index (χ0n) is 16.1. The number of likely N-dealkylation sites (N-methyl/N-ethyl adjacent to an activating group) is 1. The number of rotatable bonds is 5. The monoisotopic (exact) mass is 390 g/mol. The van der Waals surface area contributed by atoms with Crippen molar-refractivity contribution < 1.29 is 21.6 Å². The summed E-state index contributed by atoms with van der Waals surface area (Å²) in [5.41, 5.74) is 5.44. The zero-order chi connectivity index (χ0) is 20.1. The summed E-state index contributed by atoms with van der Waals surface area (Å²) in [6, 6.07) is 17.1. The maximum Gasteiger partial charge on any atom is 0.217 e. The van der Waals surface area contributed by atoms with Crippen LogP contribution in [0.4, 0.5) is 0 Å². The number of hydrogen-bond donors (Lipinski definition) is 0. The van der Waals surface area contributed by atoms with Crippen LogP contribution in [0.5, 0.6) is 0 Å². The lowest BCUT2D eigenvalue weighted by molar-refractivity contribution is -0.870. The minimum Gasteiger partial charge on any atom is -0.726 e. The molecule has 6 nitrogen and oxygen atoms in total. The first-order valence-electron chi connectivity index (χ1n) is 8.56. The number of hydrogen-bond acceptors (Lipinski definition) is 4. The second-order valence-corrected chi connectivity index (χ2v) is 8.37. The number of pyridine rings is 1. The molecule has 0 saturated carbocycles. The molecule has 0 aliphatic rings. The van der Waals surface area contributed by atoms with Crippen molar-refractivity contribution in [1.29, 1.82) is 0 Å². The highest BCUT2D eigenvalue weighted by Gasteiger charge is 2.15. The van der Waals surface area contributed by atoms with Gasteiger partial charge in [-0.15, -0.1) is 0 Å². The van der Waals surface area contributed by atoms with Crippen molar-refractivity contribution in [3.8, 4) is 11.1 Å². The molecule has 1 aromatic carbocycles. The number of nitrogens with zero attached hydrogens (tertiary/aromatic N) is 2. The molecule has 27 heavy (non-hydrogen) atoms. The Morgan fingerprint density at radius 3 is 2.19 bits per heavy atom. The van der Waals surface area contributed by atoms with E-state index in [1.807, 2.05) is 0 Å². The van der Waals surface area contributed by atoms with Gasteiger partial charge in [0.2, 0.25) is 10.4 Å². The summed E-state index contributed by atoms with van der Waals surface area (Å²) in [6.45, 7) is 1.13. The SMILES string of the molecule is COS(=O)(=O)[O-].C[N+](C)(C)CCc1c(-c2ccccc2)cn2ccccc12. The molecule has 0 saturated heterocycles. The molecule has 0 unspecified atom stereocenters. The van der Waals surface area contributed by atoms with Crippen molar-refractivity contribution >= 4 is 15.9 Å². The first-order valence-corrected chi connectivity index (χ1v) is 9.90. The van der Waals surface area contributed by atoms with Crippen molar-refractivity contribution in [2.24, 2.45) is 0 Å². The molecule has 0 amide bonds. The third kappa shape index (κ3) is 6.48. The Morgan fingerprint density at radius 1 is 1.04 bits per heavy atom. The number of benzene rings is 1. The highest BCUT2D eigenvalue weighted by molar-refractivity contribution is 7.80. The Balaban J connectivity index is 0.000000380. The highest BCUT2D eigenvalue weighted by Crippen LogP contribution is 2.29. The maximum absolute atomic E-state index is 9.22. The maximum atomic E-state index is 9.22. The van der Waals surface area contributed by atoms with Crippen molar-refractivity contribution in [3.05, 3.63) is 66.5 Å². The molecule has 2 aromatic heterocycles. The van der Waals surface area contributed by atoms with Crippen LogP contribution in [0.3, 0.4) is 0 Å². The molecule has 0 spiro atoms. The van der Waals surface area contributed by atoms with Gasteiger partial charge >= 0.3 is 0 Å². The smallest absolute Gasteiger partial charge is 0.217 e. The van der Waals surface area contributed by atoms with E-state index in [4.69, 9.17) is 0 Å². The summed E-state index contributed by atoms with van der Waals surface area (Å²) in [5, 5.41) is 0. The lowest BCUT2D eigenvalue weighted by Gasteiger charge is -2.24. The van der Waals surface area contributed by atoms with E-state index in [1.165, 1.54) is 22.2 Å². The predicted octanol–water partition coefficient (Wildman–Crippen LogP) is 2.95. The molecular weight excluding hydrogens is 364 g/mol. The second-order valence-electron chi connectivity index (χ2n) is 7.22. The van der Waals surface area contributed by atoms with Crippen molar-refractivity contribution in [3.63, 3.8) is 0 Å². The summed E-state index contributed by atoms with van der Waals surface area (Å²) < 4.78 is 34.2. The average molecular weight is 391 g/mol. The third-order valence-electron chi connectivity index (χ3n) is 4.11. The van der Waals surface area contributed by atoms with Crippen LogP contribution in [0, 0.1) is 0 Å². The summed E-state index contributed by atoms with van der Waals surface area (Å²) in [5.74, 6) is 0. The fourth-order valence-electron chi connectivity index (χ4n) is 2.76. The van der Waals surface area contributed by atoms with E-state index in [2.05, 4.69) is 90.7 Å². The van der Waals surface area contributed by atoms with Crippen LogP contribution in [0.15, 0.2) is 60.9 Å². The van der Waals surface area contributed by atoms with Gasteiger partial charge in [-0.05, 0) is 23.3 Å². The molecule has 2 heterocycles. The molecular formula is C20H26N2O4S. The Hall–Kier alpha value is -2.19. The molecule has 0 bridgehead atoms. The first-order chi connectivity index (χ1) is 12.6. The largest absolute Gasteiger partial charge is 0.726 e. The van der Waals surface area contributed by atoms with Crippen LogP contribution >= 0.6 is 0 Å². The first kappa shape index (κ1) is 21.1. The van der Waals surface area contributed by atoms with E-state index >= 15 is 0 Å². The second kappa shape index (κ2) is 8.67. The van der Waals surface area contributed by atoms with Crippen molar-refractivity contribution in [2.45, 2.75) is 6.42 Å². The number of aromatic nitrogens is 1. The van der Waals surface area contributed by atoms with Gasteiger partial charge in [0.15, 0.2) is 0 Å². The average Bonchev–Trinajstić information content (AvgIpc) is 2.99. The minimum atomic E-state index is -4.41. The number of fused-ring (bicyclic) bond motifs is 1. The standard InChI is InChI=1S/C19H23N2.CH4O4S/c1-21(2,3)14-12-17-18(16-9-5-4-6-10-16)15-20-13-8-7-11-19(17)20;1-5-6(2,3)4/h4-11,13,15H,12,14H2,1-3H3;1H3,(H,2,3,4)/q+1;/p-1. The topological polar surface area (TPSA) is 70.8 Å². The van der Waals surface area contributed by atoms with Gasteiger partial charge in [-0.2, -0.15) is 0 Å². The summed E-state index contributed by atoms with van der Waals surface area (Å²) >= 11 is 0. The van der Waals surface area contributed by atoms with Gasteiger partial charge in [0.25, 0.3) is 0 Å². The van der Waals surface area contributed by atoms with E-state index in [-0.39, 0.29) is 0 Å². The van der Waals surface area contributed by atoms with Gasteiger partial charge in [0.05, 0.1) is 34.8 Å². The van der Waals surface area contributed by atoms with Gasteiger partial charge in [-0.3, -0.25) is 4.18 Å². The van der Waals surface area contributed by atoms with Gasteiger partial charge < -0.3 is 13.4 Å². The zero-order valence-corrected chi connectivity index (χ0v) is 16.9. The Labute approximate surface area is 161 Å². The molecule has 0 radical (unpaired) electrons. The molecule has 0 fully saturated rings. The predicted molar refractivity (Wildman–Crippen MR) is 106 cm³/mol. The Kier molecular flexibility index (Phi) is 6.78. The van der Waals surface area contributed by atoms with E-state index < -0.39 is 10.4 Å². The molecule has 7 heteroatoms. The molecule has 0 aliphatic carbocycles. The normalized spacial score (nSPS) is 11.9. The minimum absolute atomic E-state index is 0.808. The molecule has 3 aromatic rings. The molecule has 0 aliphatic heterocycles. The lowest BCUT2D eigenvalue weighted by Crippen LogP contribution is -2.36. The van der Waals surface area contributed by atoms with E-state index in [0.29, 0.717) is 0 Å². The summed E-state index contributed by atoms with van der Waals surface area (Å²) in [4.78, 5) is 0. The Bertz CT molecular complexity index is 974. The van der Waals surface area contributed by atoms with Crippen LogP contribution in [0.2, 0.25) is 0 Å². The van der Waals surface area contributed by atoms with Gasteiger partial charge in [0.1, 0.15) is 0 Å². The van der Waals surface area contributed by atoms with Crippen LogP contribution in [0.1, 0.15) is 5.56 Å². The molecule has 3 rings (SSSR count). The molecule has 0 N–H and O–H groups in total. The van der Waals surface area contributed by atoms with E-state index in [0.717, 1.165) is 24.6 Å². The van der Waals surface area contributed by atoms with Crippen molar-refractivity contribution in [1.82, 2.24) is 4.40 Å². The van der Waals surface area contributed by atoms with Crippen LogP contribution in [-0.2, 0) is 21.0 Å². The van der Waals surface area contributed by atoms with Gasteiger partial charge in [0, 0.05) is 29.9 Å². The van der Waals surface area contributed by atoms with E-state index in [1.54, 1.807) is 0 Å². The fraction of sp³-hybridized carbons (Fsp3) is 0.300. The number of quaternary nitrogens is 1. The quantitative estimate of drug-likeness (QED) is 0.381. The molecule has 146 valence electrons. The summed E-state index contributed by atoms with van der Waals surface area (Å²) in [7, 11) is 3.15. The van der Waals surface area contributed by atoms with Gasteiger partial charge in [-0.1, -0.05) is 36.4 Å². The van der Waals surface area contributed by atoms with Crippen LogP contribution < -0.4 is 0 Å².